The Labute approximate surface area is 152 Å². The number of H-pyrrole nitrogens is 1. The van der Waals surface area contributed by atoms with E-state index in [0.29, 0.717) is 0 Å². The fraction of sp³-hybridized carbons (Fsp3) is 0.529. The van der Waals surface area contributed by atoms with Gasteiger partial charge in [-0.25, -0.2) is 13.9 Å². The van der Waals surface area contributed by atoms with E-state index < -0.39 is 39.1 Å². The van der Waals surface area contributed by atoms with Crippen molar-refractivity contribution >= 4 is 21.9 Å². The van der Waals surface area contributed by atoms with Gasteiger partial charge in [0.05, 0.1) is 32.2 Å². The summed E-state index contributed by atoms with van der Waals surface area (Å²) in [5.74, 6) is 0.239. The van der Waals surface area contributed by atoms with E-state index in [1.807, 2.05) is 0 Å². The minimum Gasteiger partial charge on any atom is -0.310 e. The lowest BCUT2D eigenvalue weighted by Crippen LogP contribution is -2.35. The van der Waals surface area contributed by atoms with Gasteiger partial charge in [0.25, 0.3) is 5.56 Å². The molecule has 5 nitrogen and oxygen atoms in total. The summed E-state index contributed by atoms with van der Waals surface area (Å²) in [7, 11) is -1.57. The average Bonchev–Trinajstić information content (AvgIpc) is 2.43. The molecule has 0 aliphatic rings. The highest BCUT2D eigenvalue weighted by Gasteiger charge is 2.37. The topological polar surface area (TPSA) is 74.8 Å². The number of hydrogen-bond acceptors (Lipinski definition) is 3. The number of alkyl halides is 3. The molecule has 1 aromatic heterocycles. The van der Waals surface area contributed by atoms with Crippen molar-refractivity contribution in [3.63, 3.8) is 0 Å². The van der Waals surface area contributed by atoms with Crippen molar-refractivity contribution in [1.29, 1.82) is 0 Å². The van der Waals surface area contributed by atoms with Gasteiger partial charge in [-0.15, -0.1) is 0 Å². The van der Waals surface area contributed by atoms with Crippen molar-refractivity contribution < 1.29 is 17.4 Å². The van der Waals surface area contributed by atoms with Gasteiger partial charge in [-0.05, 0) is 58.7 Å². The molecule has 0 spiro atoms. The Hall–Kier alpha value is -1.74. The Morgan fingerprint density at radius 2 is 1.81 bits per heavy atom. The zero-order valence-electron chi connectivity index (χ0n) is 15.5. The second-order valence-electron chi connectivity index (χ2n) is 7.23. The van der Waals surface area contributed by atoms with Gasteiger partial charge in [0, 0.05) is 6.04 Å². The highest BCUT2D eigenvalue weighted by atomic mass is 32.2. The van der Waals surface area contributed by atoms with Crippen molar-refractivity contribution in [3.8, 4) is 0 Å². The molecular formula is C17H22F3N3O2S. The zero-order valence-corrected chi connectivity index (χ0v) is 16.3. The first-order valence-electron chi connectivity index (χ1n) is 8.03. The summed E-state index contributed by atoms with van der Waals surface area (Å²) in [6, 6.07) is 0.00902. The highest BCUT2D eigenvalue weighted by molar-refractivity contribution is 7.84. The average molecular weight is 389 g/mol. The van der Waals surface area contributed by atoms with Crippen LogP contribution < -0.4 is 10.3 Å². The summed E-state index contributed by atoms with van der Waals surface area (Å²) in [5.41, 5.74) is -1.31. The largest absolute Gasteiger partial charge is 0.416 e. The van der Waals surface area contributed by atoms with Crippen LogP contribution in [0.15, 0.2) is 10.9 Å². The molecule has 0 unspecified atom stereocenters. The van der Waals surface area contributed by atoms with Crippen molar-refractivity contribution in [3.05, 3.63) is 38.9 Å². The first-order chi connectivity index (χ1) is 11.7. The smallest absolute Gasteiger partial charge is 0.310 e. The molecule has 0 bridgehead atoms. The molecule has 2 atom stereocenters. The van der Waals surface area contributed by atoms with Crippen LogP contribution in [-0.2, 0) is 17.2 Å². The number of nitrogens with zero attached hydrogens (tertiary/aromatic N) is 1. The number of benzene rings is 1. The number of aromatic nitrogens is 2. The Morgan fingerprint density at radius 3 is 2.31 bits per heavy atom. The number of halogens is 3. The molecule has 144 valence electrons. The van der Waals surface area contributed by atoms with Crippen LogP contribution in [0, 0.1) is 13.8 Å². The van der Waals surface area contributed by atoms with Gasteiger partial charge in [0.15, 0.2) is 0 Å². The summed E-state index contributed by atoms with van der Waals surface area (Å²) in [6.07, 6.45) is -4.63. The van der Waals surface area contributed by atoms with E-state index in [9.17, 15) is 22.2 Å². The predicted molar refractivity (Wildman–Crippen MR) is 96.3 cm³/mol. The second-order valence-corrected chi connectivity index (χ2v) is 9.22. The summed E-state index contributed by atoms with van der Waals surface area (Å²) < 4.78 is 55.4. The van der Waals surface area contributed by atoms with E-state index in [-0.39, 0.29) is 27.9 Å². The third-order valence-electron chi connectivity index (χ3n) is 3.99. The van der Waals surface area contributed by atoms with Gasteiger partial charge in [0.2, 0.25) is 0 Å². The molecule has 0 saturated heterocycles. The van der Waals surface area contributed by atoms with Crippen LogP contribution in [0.2, 0.25) is 0 Å². The normalized spacial score (nSPS) is 15.3. The summed E-state index contributed by atoms with van der Waals surface area (Å²) in [6.45, 7) is 9.63. The number of aromatic amines is 1. The van der Waals surface area contributed by atoms with E-state index >= 15 is 0 Å². The van der Waals surface area contributed by atoms with Crippen LogP contribution in [0.3, 0.4) is 0 Å². The van der Waals surface area contributed by atoms with Crippen LogP contribution in [0.1, 0.15) is 56.3 Å². The predicted octanol–water partition coefficient (Wildman–Crippen LogP) is 3.67. The van der Waals surface area contributed by atoms with Crippen molar-refractivity contribution in [2.45, 2.75) is 58.5 Å². The number of rotatable bonds is 3. The molecular weight excluding hydrogens is 367 g/mol. The molecule has 2 aromatic rings. The molecule has 0 radical (unpaired) electrons. The SMILES string of the molecule is Cc1nc2cc(C(F)(F)F)c([C@H](C)N[S@@](=O)C(C)(C)C)c(C)c2c(=O)[nH]1. The van der Waals surface area contributed by atoms with Crippen LogP contribution in [0.4, 0.5) is 13.2 Å². The molecule has 1 heterocycles. The zero-order chi connectivity index (χ0) is 20.0. The van der Waals surface area contributed by atoms with Gasteiger partial charge in [-0.3, -0.25) is 4.79 Å². The van der Waals surface area contributed by atoms with Gasteiger partial charge < -0.3 is 4.98 Å². The van der Waals surface area contributed by atoms with Crippen molar-refractivity contribution in [2.75, 3.05) is 0 Å². The number of fused-ring (bicyclic) bond motifs is 1. The minimum absolute atomic E-state index is 0.0102. The van der Waals surface area contributed by atoms with Crippen LogP contribution in [0.5, 0.6) is 0 Å². The fourth-order valence-electron chi connectivity index (χ4n) is 2.81. The van der Waals surface area contributed by atoms with E-state index in [1.54, 1.807) is 20.8 Å². The lowest BCUT2D eigenvalue weighted by molar-refractivity contribution is -0.138. The molecule has 26 heavy (non-hydrogen) atoms. The molecule has 0 aliphatic heterocycles. The molecule has 2 N–H and O–H groups in total. The van der Waals surface area contributed by atoms with Gasteiger partial charge >= 0.3 is 6.18 Å². The van der Waals surface area contributed by atoms with Crippen LogP contribution >= 0.6 is 0 Å². The Kier molecular flexibility index (Phi) is 5.36. The van der Waals surface area contributed by atoms with E-state index in [4.69, 9.17) is 0 Å². The summed E-state index contributed by atoms with van der Waals surface area (Å²) in [5, 5.41) is 0.105. The Morgan fingerprint density at radius 1 is 1.23 bits per heavy atom. The van der Waals surface area contributed by atoms with Crippen molar-refractivity contribution in [1.82, 2.24) is 14.7 Å². The third kappa shape index (κ3) is 3.98. The first kappa shape index (κ1) is 20.6. The van der Waals surface area contributed by atoms with Crippen LogP contribution in [0.25, 0.3) is 10.9 Å². The minimum atomic E-state index is -4.63. The number of aryl methyl sites for hydroxylation is 2. The van der Waals surface area contributed by atoms with Gasteiger partial charge in [-0.2, -0.15) is 13.2 Å². The molecule has 0 aliphatic carbocycles. The standard InChI is InChI=1S/C17H22F3N3O2S/c1-8-13(9(2)23-26(25)16(4,5)6)11(17(18,19)20)7-12-14(8)15(24)22-10(3)21-12/h7,9,23H,1-6H3,(H,21,22,24)/t9-,26-/m0/s1. The first-order valence-corrected chi connectivity index (χ1v) is 9.18. The molecule has 2 rings (SSSR count). The van der Waals surface area contributed by atoms with E-state index in [0.717, 1.165) is 6.07 Å². The quantitative estimate of drug-likeness (QED) is 0.841. The van der Waals surface area contributed by atoms with E-state index in [1.165, 1.54) is 20.8 Å². The lowest BCUT2D eigenvalue weighted by Gasteiger charge is -2.26. The van der Waals surface area contributed by atoms with Crippen molar-refractivity contribution in [2.24, 2.45) is 0 Å². The van der Waals surface area contributed by atoms with E-state index in [2.05, 4.69) is 14.7 Å². The van der Waals surface area contributed by atoms with Crippen LogP contribution in [-0.4, -0.2) is 18.9 Å². The Bertz CT molecular complexity index is 930. The maximum absolute atomic E-state index is 13.7. The lowest BCUT2D eigenvalue weighted by atomic mass is 9.93. The highest BCUT2D eigenvalue weighted by Crippen LogP contribution is 2.38. The molecule has 0 saturated carbocycles. The maximum Gasteiger partial charge on any atom is 0.416 e. The van der Waals surface area contributed by atoms with Gasteiger partial charge in [0.1, 0.15) is 5.82 Å². The summed E-state index contributed by atoms with van der Waals surface area (Å²) in [4.78, 5) is 18.8. The number of hydrogen-bond donors (Lipinski definition) is 2. The fourth-order valence-corrected chi connectivity index (χ4v) is 3.61. The third-order valence-corrected chi connectivity index (χ3v) is 5.67. The molecule has 0 amide bonds. The molecule has 0 fully saturated rings. The van der Waals surface area contributed by atoms with Gasteiger partial charge in [-0.1, -0.05) is 0 Å². The molecule has 9 heteroatoms. The Balaban J connectivity index is 2.76. The molecule has 1 aromatic carbocycles. The second kappa shape index (κ2) is 6.77. The maximum atomic E-state index is 13.7. The summed E-state index contributed by atoms with van der Waals surface area (Å²) >= 11 is 0. The number of nitrogens with one attached hydrogen (secondary N) is 2. The monoisotopic (exact) mass is 389 g/mol.